The van der Waals surface area contributed by atoms with Crippen LogP contribution in [0.4, 0.5) is 0 Å². The van der Waals surface area contributed by atoms with Gasteiger partial charge in [-0.3, -0.25) is 9.78 Å². The third-order valence-electron chi connectivity index (χ3n) is 7.35. The van der Waals surface area contributed by atoms with E-state index in [1.54, 1.807) is 6.20 Å². The fourth-order valence-electron chi connectivity index (χ4n) is 5.00. The number of rotatable bonds is 20. The van der Waals surface area contributed by atoms with Gasteiger partial charge in [-0.1, -0.05) is 55.0 Å². The van der Waals surface area contributed by atoms with Crippen molar-refractivity contribution in [3.05, 3.63) is 84.6 Å². The second-order valence-corrected chi connectivity index (χ2v) is 10.8. The molecule has 10 heteroatoms. The molecular weight excluding hydrogens is 576 g/mol. The predicted octanol–water partition coefficient (Wildman–Crippen LogP) is 5.41. The van der Waals surface area contributed by atoms with Crippen LogP contribution >= 0.6 is 0 Å². The average Bonchev–Trinajstić information content (AvgIpc) is 3.04. The van der Waals surface area contributed by atoms with Crippen LogP contribution < -0.4 is 10.1 Å². The van der Waals surface area contributed by atoms with E-state index in [2.05, 4.69) is 40.6 Å². The van der Waals surface area contributed by atoms with Crippen molar-refractivity contribution in [2.24, 2.45) is 0 Å². The minimum Gasteiger partial charge on any atom is -0.494 e. The van der Waals surface area contributed by atoms with Crippen molar-refractivity contribution in [3.63, 3.8) is 0 Å². The molecule has 0 bridgehead atoms. The van der Waals surface area contributed by atoms with Gasteiger partial charge in [0.15, 0.2) is 12.2 Å². The van der Waals surface area contributed by atoms with Gasteiger partial charge in [-0.2, -0.15) is 0 Å². The summed E-state index contributed by atoms with van der Waals surface area (Å²) in [6.45, 7) is 0.0520. The number of aromatic nitrogens is 1. The standard InChI is InChI=1S/C35H40N2O8/c38-31(39)24-45-33(35(41)42)32(44-21-8-2-7-20-43-29-17-16-27-13-9-19-36-30(27)23-29)34(40)37-18-6-1-3-10-25-14-15-26-11-4-5-12-28(26)22-25/h4-5,9,11-17,19,22-23,32-33H,1-3,6-8,10,18,20-21,24H2,(H,37,40)(H,38,39)(H,41,42). The zero-order chi connectivity index (χ0) is 31.9. The Bertz CT molecular complexity index is 1560. The van der Waals surface area contributed by atoms with Crippen molar-refractivity contribution in [1.29, 1.82) is 0 Å². The smallest absolute Gasteiger partial charge is 0.336 e. The maximum atomic E-state index is 13.0. The molecule has 0 aliphatic rings. The Morgan fingerprint density at radius 3 is 2.31 bits per heavy atom. The lowest BCUT2D eigenvalue weighted by Crippen LogP contribution is -2.49. The molecule has 2 atom stereocenters. The van der Waals surface area contributed by atoms with Gasteiger partial charge in [-0.05, 0) is 73.1 Å². The van der Waals surface area contributed by atoms with Crippen molar-refractivity contribution >= 4 is 39.5 Å². The fraction of sp³-hybridized carbons (Fsp3) is 0.371. The van der Waals surface area contributed by atoms with Gasteiger partial charge in [-0.25, -0.2) is 9.59 Å². The van der Waals surface area contributed by atoms with Crippen molar-refractivity contribution in [3.8, 4) is 5.75 Å². The summed E-state index contributed by atoms with van der Waals surface area (Å²) >= 11 is 0. The second kappa shape index (κ2) is 17.7. The van der Waals surface area contributed by atoms with Crippen molar-refractivity contribution in [2.45, 2.75) is 57.2 Å². The lowest BCUT2D eigenvalue weighted by molar-refractivity contribution is -0.172. The molecule has 0 aliphatic heterocycles. The van der Waals surface area contributed by atoms with Crippen molar-refractivity contribution in [1.82, 2.24) is 10.3 Å². The summed E-state index contributed by atoms with van der Waals surface area (Å²) in [7, 11) is 0. The van der Waals surface area contributed by atoms with Gasteiger partial charge < -0.3 is 29.7 Å². The lowest BCUT2D eigenvalue weighted by Gasteiger charge is -2.23. The minimum absolute atomic E-state index is 0.101. The Kier molecular flexibility index (Phi) is 13.1. The highest BCUT2D eigenvalue weighted by atomic mass is 16.6. The molecule has 0 aliphatic carbocycles. The van der Waals surface area contributed by atoms with E-state index in [9.17, 15) is 19.5 Å². The highest BCUT2D eigenvalue weighted by molar-refractivity contribution is 5.88. The van der Waals surface area contributed by atoms with Gasteiger partial charge in [0, 0.05) is 30.8 Å². The van der Waals surface area contributed by atoms with Crippen LogP contribution in [-0.4, -0.2) is 71.6 Å². The molecule has 1 heterocycles. The first kappa shape index (κ1) is 33.4. The number of fused-ring (bicyclic) bond motifs is 2. The molecule has 0 fully saturated rings. The highest BCUT2D eigenvalue weighted by Gasteiger charge is 2.36. The Hall–Kier alpha value is -4.54. The molecule has 1 aromatic heterocycles. The summed E-state index contributed by atoms with van der Waals surface area (Å²) < 4.78 is 16.5. The van der Waals surface area contributed by atoms with Crippen molar-refractivity contribution < 1.29 is 38.8 Å². The quantitative estimate of drug-likeness (QED) is 0.111. The van der Waals surface area contributed by atoms with Crippen LogP contribution in [-0.2, 0) is 30.3 Å². The highest BCUT2D eigenvalue weighted by Crippen LogP contribution is 2.20. The zero-order valence-electron chi connectivity index (χ0n) is 25.2. The third kappa shape index (κ3) is 10.8. The van der Waals surface area contributed by atoms with E-state index in [0.29, 0.717) is 32.4 Å². The molecule has 10 nitrogen and oxygen atoms in total. The van der Waals surface area contributed by atoms with Crippen LogP contribution in [0.3, 0.4) is 0 Å². The van der Waals surface area contributed by atoms with Gasteiger partial charge in [-0.15, -0.1) is 0 Å². The summed E-state index contributed by atoms with van der Waals surface area (Å²) in [4.78, 5) is 40.2. The van der Waals surface area contributed by atoms with E-state index in [1.807, 2.05) is 42.5 Å². The monoisotopic (exact) mass is 616 g/mol. The van der Waals surface area contributed by atoms with Crippen LogP contribution in [0.5, 0.6) is 5.75 Å². The van der Waals surface area contributed by atoms with Gasteiger partial charge >= 0.3 is 11.9 Å². The molecule has 0 saturated heterocycles. The number of carboxylic acid groups (broad SMARTS) is 2. The number of aliphatic carboxylic acids is 2. The molecule has 45 heavy (non-hydrogen) atoms. The number of benzene rings is 3. The van der Waals surface area contributed by atoms with E-state index >= 15 is 0 Å². The maximum absolute atomic E-state index is 13.0. The number of carbonyl (C=O) groups excluding carboxylic acids is 1. The van der Waals surface area contributed by atoms with E-state index in [0.717, 1.165) is 42.3 Å². The SMILES string of the molecule is O=C(O)COC(C(=O)O)C(OCCCCCOc1ccc2cccnc2c1)C(=O)NCCCCCc1ccc2ccccc2c1. The molecule has 3 aromatic carbocycles. The Balaban J connectivity index is 1.18. The Labute approximate surface area is 262 Å². The third-order valence-corrected chi connectivity index (χ3v) is 7.35. The number of amides is 1. The first-order chi connectivity index (χ1) is 21.9. The largest absolute Gasteiger partial charge is 0.494 e. The van der Waals surface area contributed by atoms with Crippen LogP contribution in [0, 0.1) is 0 Å². The summed E-state index contributed by atoms with van der Waals surface area (Å²) in [5.74, 6) is -2.72. The van der Waals surface area contributed by atoms with Gasteiger partial charge in [0.05, 0.1) is 12.1 Å². The number of pyridine rings is 1. The summed E-state index contributed by atoms with van der Waals surface area (Å²) in [6.07, 6.45) is 3.90. The number of nitrogens with zero attached hydrogens (tertiary/aromatic N) is 1. The molecule has 2 unspecified atom stereocenters. The summed E-state index contributed by atoms with van der Waals surface area (Å²) in [5.41, 5.74) is 2.11. The van der Waals surface area contributed by atoms with E-state index in [-0.39, 0.29) is 6.61 Å². The minimum atomic E-state index is -1.75. The molecule has 4 aromatic rings. The molecule has 0 spiro atoms. The van der Waals surface area contributed by atoms with Crippen LogP contribution in [0.15, 0.2) is 79.0 Å². The fourth-order valence-corrected chi connectivity index (χ4v) is 5.00. The molecular formula is C35H40N2O8. The Morgan fingerprint density at radius 1 is 0.733 bits per heavy atom. The van der Waals surface area contributed by atoms with Crippen LogP contribution in [0.2, 0.25) is 0 Å². The zero-order valence-corrected chi connectivity index (χ0v) is 25.2. The average molecular weight is 617 g/mol. The molecule has 0 saturated carbocycles. The van der Waals surface area contributed by atoms with Gasteiger partial charge in [0.25, 0.3) is 5.91 Å². The molecule has 0 radical (unpaired) electrons. The van der Waals surface area contributed by atoms with E-state index in [1.165, 1.54) is 16.3 Å². The topological polar surface area (TPSA) is 144 Å². The molecule has 1 amide bonds. The van der Waals surface area contributed by atoms with E-state index < -0.39 is 36.7 Å². The summed E-state index contributed by atoms with van der Waals surface area (Å²) in [5, 5.41) is 24.8. The molecule has 4 rings (SSSR count). The number of hydrogen-bond donors (Lipinski definition) is 3. The van der Waals surface area contributed by atoms with Crippen LogP contribution in [0.25, 0.3) is 21.7 Å². The lowest BCUT2D eigenvalue weighted by atomic mass is 10.0. The number of aryl methyl sites for hydroxylation is 1. The predicted molar refractivity (Wildman–Crippen MR) is 170 cm³/mol. The maximum Gasteiger partial charge on any atom is 0.336 e. The number of nitrogens with one attached hydrogen (secondary N) is 1. The summed E-state index contributed by atoms with van der Waals surface area (Å²) in [6, 6.07) is 24.3. The number of carboxylic acids is 2. The second-order valence-electron chi connectivity index (χ2n) is 10.8. The number of hydrogen-bond acceptors (Lipinski definition) is 7. The number of carbonyl (C=O) groups is 3. The van der Waals surface area contributed by atoms with Gasteiger partial charge in [0.1, 0.15) is 12.4 Å². The first-order valence-corrected chi connectivity index (χ1v) is 15.3. The molecule has 238 valence electrons. The van der Waals surface area contributed by atoms with E-state index in [4.69, 9.17) is 19.3 Å². The van der Waals surface area contributed by atoms with Gasteiger partial charge in [0.2, 0.25) is 0 Å². The molecule has 3 N–H and O–H groups in total. The van der Waals surface area contributed by atoms with Crippen molar-refractivity contribution in [2.75, 3.05) is 26.4 Å². The number of unbranched alkanes of at least 4 members (excludes halogenated alkanes) is 4. The number of ether oxygens (including phenoxy) is 3. The normalized spacial score (nSPS) is 12.5. The first-order valence-electron chi connectivity index (χ1n) is 15.3. The van der Waals surface area contributed by atoms with Crippen LogP contribution in [0.1, 0.15) is 44.1 Å². The Morgan fingerprint density at radius 2 is 1.49 bits per heavy atom.